The second kappa shape index (κ2) is 7.30. The highest BCUT2D eigenvalue weighted by Crippen LogP contribution is 2.16. The summed E-state index contributed by atoms with van der Waals surface area (Å²) in [6.45, 7) is 14.0. The predicted molar refractivity (Wildman–Crippen MR) is 82.9 cm³/mol. The van der Waals surface area contributed by atoms with Crippen molar-refractivity contribution in [2.75, 3.05) is 13.1 Å². The second-order valence-corrected chi connectivity index (χ2v) is 7.47. The topological polar surface area (TPSA) is 41.6 Å². The molecule has 0 radical (unpaired) electrons. The Bertz CT molecular complexity index is 304. The molecular formula is C16H32N2O2. The van der Waals surface area contributed by atoms with E-state index in [1.807, 2.05) is 20.8 Å². The molecule has 1 fully saturated rings. The standard InChI is InChI=1S/C16H32N2O2/c1-12(2)8-7-9-13(3)17-14-10-18(11-14)15(19)20-16(4,5)6/h12-14,17H,7-11H2,1-6H3. The van der Waals surface area contributed by atoms with E-state index in [9.17, 15) is 4.79 Å². The van der Waals surface area contributed by atoms with Crippen molar-refractivity contribution in [2.45, 2.75) is 78.5 Å². The first-order valence-corrected chi connectivity index (χ1v) is 7.91. The van der Waals surface area contributed by atoms with Crippen LogP contribution in [0, 0.1) is 5.92 Å². The fourth-order valence-corrected chi connectivity index (χ4v) is 2.38. The van der Waals surface area contributed by atoms with Crippen LogP contribution in [0.15, 0.2) is 0 Å². The first-order valence-electron chi connectivity index (χ1n) is 7.91. The third-order valence-electron chi connectivity index (χ3n) is 3.47. The first kappa shape index (κ1) is 17.3. The second-order valence-electron chi connectivity index (χ2n) is 7.47. The summed E-state index contributed by atoms with van der Waals surface area (Å²) in [6, 6.07) is 0.955. The van der Waals surface area contributed by atoms with Gasteiger partial charge in [0, 0.05) is 25.2 Å². The molecule has 1 rings (SSSR count). The number of amides is 1. The number of hydrogen-bond acceptors (Lipinski definition) is 3. The molecule has 0 aromatic rings. The lowest BCUT2D eigenvalue weighted by atomic mass is 10.0. The number of ether oxygens (including phenoxy) is 1. The number of nitrogens with one attached hydrogen (secondary N) is 1. The number of carbonyl (C=O) groups is 1. The van der Waals surface area contributed by atoms with Crippen molar-refractivity contribution in [1.82, 2.24) is 10.2 Å². The van der Waals surface area contributed by atoms with E-state index < -0.39 is 5.60 Å². The van der Waals surface area contributed by atoms with Gasteiger partial charge in [0.15, 0.2) is 0 Å². The van der Waals surface area contributed by atoms with Gasteiger partial charge >= 0.3 is 6.09 Å². The molecule has 1 heterocycles. The van der Waals surface area contributed by atoms with Crippen LogP contribution in [0.5, 0.6) is 0 Å². The molecule has 1 aliphatic rings. The van der Waals surface area contributed by atoms with Crippen LogP contribution >= 0.6 is 0 Å². The highest BCUT2D eigenvalue weighted by Gasteiger charge is 2.33. The minimum absolute atomic E-state index is 0.192. The summed E-state index contributed by atoms with van der Waals surface area (Å²) in [7, 11) is 0. The van der Waals surface area contributed by atoms with Crippen molar-refractivity contribution in [2.24, 2.45) is 5.92 Å². The van der Waals surface area contributed by atoms with E-state index in [1.165, 1.54) is 19.3 Å². The summed E-state index contributed by atoms with van der Waals surface area (Å²) in [6.07, 6.45) is 3.58. The van der Waals surface area contributed by atoms with E-state index in [4.69, 9.17) is 4.74 Å². The van der Waals surface area contributed by atoms with E-state index in [1.54, 1.807) is 4.90 Å². The quantitative estimate of drug-likeness (QED) is 0.812. The van der Waals surface area contributed by atoms with Gasteiger partial charge in [-0.15, -0.1) is 0 Å². The van der Waals surface area contributed by atoms with Crippen LogP contribution in [0.25, 0.3) is 0 Å². The Labute approximate surface area is 124 Å². The minimum Gasteiger partial charge on any atom is -0.444 e. The summed E-state index contributed by atoms with van der Waals surface area (Å²) in [4.78, 5) is 13.6. The summed E-state index contributed by atoms with van der Waals surface area (Å²) in [5.41, 5.74) is -0.403. The van der Waals surface area contributed by atoms with Crippen LogP contribution in [0.4, 0.5) is 4.79 Å². The SMILES string of the molecule is CC(C)CCCC(C)NC1CN(C(=O)OC(C)(C)C)C1. The lowest BCUT2D eigenvalue weighted by Gasteiger charge is -2.41. The normalized spacial score (nSPS) is 18.1. The minimum atomic E-state index is -0.403. The zero-order valence-corrected chi connectivity index (χ0v) is 14.0. The smallest absolute Gasteiger partial charge is 0.410 e. The molecule has 0 aliphatic carbocycles. The van der Waals surface area contributed by atoms with Gasteiger partial charge in [0.2, 0.25) is 0 Å². The highest BCUT2D eigenvalue weighted by molar-refractivity contribution is 5.69. The maximum atomic E-state index is 11.8. The third-order valence-corrected chi connectivity index (χ3v) is 3.47. The van der Waals surface area contributed by atoms with Gasteiger partial charge in [-0.2, -0.15) is 0 Å². The number of likely N-dealkylation sites (tertiary alicyclic amines) is 1. The van der Waals surface area contributed by atoms with Gasteiger partial charge in [0.05, 0.1) is 0 Å². The van der Waals surface area contributed by atoms with Gasteiger partial charge in [0.25, 0.3) is 0 Å². The number of rotatable bonds is 6. The first-order chi connectivity index (χ1) is 9.17. The van der Waals surface area contributed by atoms with Gasteiger partial charge in [-0.3, -0.25) is 0 Å². The maximum absolute atomic E-state index is 11.8. The van der Waals surface area contributed by atoms with Gasteiger partial charge in [-0.25, -0.2) is 4.79 Å². The zero-order chi connectivity index (χ0) is 15.3. The van der Waals surface area contributed by atoms with Gasteiger partial charge in [-0.1, -0.05) is 26.7 Å². The number of nitrogens with zero attached hydrogens (tertiary/aromatic N) is 1. The molecule has 0 aromatic heterocycles. The Kier molecular flexibility index (Phi) is 6.31. The molecule has 0 spiro atoms. The summed E-state index contributed by atoms with van der Waals surface area (Å²) < 4.78 is 5.35. The summed E-state index contributed by atoms with van der Waals surface area (Å²) >= 11 is 0. The molecule has 1 aliphatic heterocycles. The molecule has 0 saturated carbocycles. The molecule has 20 heavy (non-hydrogen) atoms. The number of hydrogen-bond donors (Lipinski definition) is 1. The van der Waals surface area contributed by atoms with Crippen LogP contribution in [0.2, 0.25) is 0 Å². The Hall–Kier alpha value is -0.770. The van der Waals surface area contributed by atoms with Gasteiger partial charge < -0.3 is 15.0 Å². The zero-order valence-electron chi connectivity index (χ0n) is 14.0. The molecule has 0 bridgehead atoms. The average Bonchev–Trinajstić information content (AvgIpc) is 2.19. The van der Waals surface area contributed by atoms with Gasteiger partial charge in [0.1, 0.15) is 5.60 Å². The van der Waals surface area contributed by atoms with Crippen LogP contribution in [0.1, 0.15) is 60.8 Å². The largest absolute Gasteiger partial charge is 0.444 e. The Balaban J connectivity index is 2.14. The molecule has 4 nitrogen and oxygen atoms in total. The lowest BCUT2D eigenvalue weighted by molar-refractivity contribution is 0.00422. The Morgan fingerprint density at radius 2 is 1.85 bits per heavy atom. The molecule has 1 atom stereocenters. The fraction of sp³-hybridized carbons (Fsp3) is 0.938. The van der Waals surface area contributed by atoms with Crippen LogP contribution in [-0.2, 0) is 4.74 Å². The third kappa shape index (κ3) is 6.60. The van der Waals surface area contributed by atoms with Gasteiger partial charge in [-0.05, 0) is 40.0 Å². The monoisotopic (exact) mass is 284 g/mol. The summed E-state index contributed by atoms with van der Waals surface area (Å²) in [5.74, 6) is 0.786. The van der Waals surface area contributed by atoms with Crippen LogP contribution in [0.3, 0.4) is 0 Å². The van der Waals surface area contributed by atoms with E-state index in [0.717, 1.165) is 19.0 Å². The lowest BCUT2D eigenvalue weighted by Crippen LogP contribution is -2.62. The molecule has 1 amide bonds. The van der Waals surface area contributed by atoms with Crippen molar-refractivity contribution >= 4 is 6.09 Å². The molecule has 1 N–H and O–H groups in total. The Morgan fingerprint density at radius 3 is 2.35 bits per heavy atom. The predicted octanol–water partition coefficient (Wildman–Crippen LogP) is 3.41. The van der Waals surface area contributed by atoms with Crippen molar-refractivity contribution in [3.05, 3.63) is 0 Å². The molecule has 118 valence electrons. The number of carbonyl (C=O) groups excluding carboxylic acids is 1. The average molecular weight is 284 g/mol. The molecule has 4 heteroatoms. The molecular weight excluding hydrogens is 252 g/mol. The van der Waals surface area contributed by atoms with Crippen molar-refractivity contribution < 1.29 is 9.53 Å². The van der Waals surface area contributed by atoms with E-state index >= 15 is 0 Å². The van der Waals surface area contributed by atoms with Crippen molar-refractivity contribution in [3.8, 4) is 0 Å². The van der Waals surface area contributed by atoms with Crippen LogP contribution in [-0.4, -0.2) is 41.8 Å². The van der Waals surface area contributed by atoms with E-state index in [-0.39, 0.29) is 6.09 Å². The van der Waals surface area contributed by atoms with Crippen molar-refractivity contribution in [3.63, 3.8) is 0 Å². The fourth-order valence-electron chi connectivity index (χ4n) is 2.38. The molecule has 0 aromatic carbocycles. The summed E-state index contributed by atoms with van der Waals surface area (Å²) in [5, 5.41) is 3.59. The molecule has 1 unspecified atom stereocenters. The Morgan fingerprint density at radius 1 is 1.25 bits per heavy atom. The highest BCUT2D eigenvalue weighted by atomic mass is 16.6. The van der Waals surface area contributed by atoms with Crippen molar-refractivity contribution in [1.29, 1.82) is 0 Å². The van der Waals surface area contributed by atoms with E-state index in [0.29, 0.717) is 12.1 Å². The van der Waals surface area contributed by atoms with Crippen LogP contribution < -0.4 is 5.32 Å². The van der Waals surface area contributed by atoms with E-state index in [2.05, 4.69) is 26.1 Å². The molecule has 1 saturated heterocycles. The maximum Gasteiger partial charge on any atom is 0.410 e.